The van der Waals surface area contributed by atoms with E-state index in [1.165, 1.54) is 0 Å². The van der Waals surface area contributed by atoms with E-state index in [0.717, 1.165) is 18.4 Å². The summed E-state index contributed by atoms with van der Waals surface area (Å²) in [7, 11) is 0. The van der Waals surface area contributed by atoms with Crippen LogP contribution in [0, 0.1) is 6.92 Å². The molecule has 0 spiro atoms. The van der Waals surface area contributed by atoms with Gasteiger partial charge in [0.2, 0.25) is 0 Å². The number of anilines is 1. The Morgan fingerprint density at radius 1 is 1.20 bits per heavy atom. The van der Waals surface area contributed by atoms with Crippen molar-refractivity contribution in [2.24, 2.45) is 0 Å². The Morgan fingerprint density at radius 3 is 2.68 bits per heavy atom. The molecule has 2 aromatic rings. The highest BCUT2D eigenvalue weighted by molar-refractivity contribution is 6.30. The van der Waals surface area contributed by atoms with Crippen molar-refractivity contribution in [2.75, 3.05) is 11.9 Å². The maximum atomic E-state index is 12.5. The normalized spacial score (nSPS) is 11.7. The van der Waals surface area contributed by atoms with Crippen molar-refractivity contribution >= 4 is 23.2 Å². The predicted octanol–water partition coefficient (Wildman–Crippen LogP) is 5.23. The van der Waals surface area contributed by atoms with Crippen LogP contribution in [-0.2, 0) is 4.79 Å². The van der Waals surface area contributed by atoms with Crippen molar-refractivity contribution in [1.82, 2.24) is 0 Å². The van der Waals surface area contributed by atoms with Crippen LogP contribution in [0.4, 0.5) is 5.69 Å². The Balaban J connectivity index is 2.01. The summed E-state index contributed by atoms with van der Waals surface area (Å²) >= 11 is 5.94. The third kappa shape index (κ3) is 5.68. The van der Waals surface area contributed by atoms with Gasteiger partial charge >= 0.3 is 0 Å². The number of carbonyl (C=O) groups is 1. The van der Waals surface area contributed by atoms with Crippen molar-refractivity contribution in [1.29, 1.82) is 0 Å². The fraction of sp³-hybridized carbons (Fsp3) is 0.350. The lowest BCUT2D eigenvalue weighted by atomic mass is 10.2. The highest BCUT2D eigenvalue weighted by Gasteiger charge is 2.17. The molecule has 0 saturated heterocycles. The predicted molar refractivity (Wildman–Crippen MR) is 102 cm³/mol. The van der Waals surface area contributed by atoms with Crippen molar-refractivity contribution in [3.63, 3.8) is 0 Å². The Morgan fingerprint density at radius 2 is 1.96 bits per heavy atom. The van der Waals surface area contributed by atoms with Crippen molar-refractivity contribution < 1.29 is 14.3 Å². The molecule has 0 aromatic heterocycles. The minimum atomic E-state index is -0.649. The maximum Gasteiger partial charge on any atom is 0.265 e. The first kappa shape index (κ1) is 19.1. The van der Waals surface area contributed by atoms with Gasteiger partial charge in [0.05, 0.1) is 12.3 Å². The van der Waals surface area contributed by atoms with Gasteiger partial charge in [-0.25, -0.2) is 0 Å². The number of aryl methyl sites for hydroxylation is 1. The van der Waals surface area contributed by atoms with E-state index in [4.69, 9.17) is 21.1 Å². The second-order valence-electron chi connectivity index (χ2n) is 5.86. The number of amides is 1. The molecule has 2 rings (SSSR count). The van der Waals surface area contributed by atoms with Gasteiger partial charge in [-0.2, -0.15) is 0 Å². The summed E-state index contributed by atoms with van der Waals surface area (Å²) in [6, 6.07) is 12.7. The molecule has 0 aliphatic heterocycles. The molecule has 1 unspecified atom stereocenters. The molecule has 1 atom stereocenters. The molecular formula is C20H24ClNO3. The third-order valence-electron chi connectivity index (χ3n) is 3.71. The monoisotopic (exact) mass is 361 g/mol. The smallest absolute Gasteiger partial charge is 0.265 e. The minimum absolute atomic E-state index is 0.235. The Labute approximate surface area is 154 Å². The number of hydrogen-bond acceptors (Lipinski definition) is 3. The average Bonchev–Trinajstić information content (AvgIpc) is 2.59. The fourth-order valence-electron chi connectivity index (χ4n) is 2.25. The van der Waals surface area contributed by atoms with Crippen LogP contribution < -0.4 is 14.8 Å². The number of rotatable bonds is 8. The van der Waals surface area contributed by atoms with Crippen LogP contribution in [-0.4, -0.2) is 18.6 Å². The van der Waals surface area contributed by atoms with Crippen LogP contribution in [0.1, 0.15) is 32.3 Å². The lowest BCUT2D eigenvalue weighted by molar-refractivity contribution is -0.122. The largest absolute Gasteiger partial charge is 0.491 e. The van der Waals surface area contributed by atoms with Gasteiger partial charge in [-0.3, -0.25) is 4.79 Å². The number of carbonyl (C=O) groups excluding carboxylic acids is 1. The lowest BCUT2D eigenvalue weighted by Gasteiger charge is -2.18. The van der Waals surface area contributed by atoms with Gasteiger partial charge in [0.15, 0.2) is 6.10 Å². The highest BCUT2D eigenvalue weighted by Crippen LogP contribution is 2.26. The Bertz CT molecular complexity index is 718. The topological polar surface area (TPSA) is 47.6 Å². The summed E-state index contributed by atoms with van der Waals surface area (Å²) in [6.45, 7) is 6.33. The molecule has 5 heteroatoms. The molecule has 0 aliphatic carbocycles. The van der Waals surface area contributed by atoms with E-state index in [2.05, 4.69) is 12.2 Å². The molecule has 0 fully saturated rings. The quantitative estimate of drug-likeness (QED) is 0.654. The number of benzene rings is 2. The molecule has 1 N–H and O–H groups in total. The summed E-state index contributed by atoms with van der Waals surface area (Å²) in [5.41, 5.74) is 1.53. The van der Waals surface area contributed by atoms with Crippen LogP contribution >= 0.6 is 11.6 Å². The molecule has 134 valence electrons. The molecule has 0 heterocycles. The van der Waals surface area contributed by atoms with Crippen LogP contribution in [0.25, 0.3) is 0 Å². The summed E-state index contributed by atoms with van der Waals surface area (Å²) in [4.78, 5) is 12.5. The van der Waals surface area contributed by atoms with Gasteiger partial charge in [-0.15, -0.1) is 0 Å². The first-order chi connectivity index (χ1) is 12.0. The van der Waals surface area contributed by atoms with Gasteiger partial charge in [0.1, 0.15) is 11.5 Å². The maximum absolute atomic E-state index is 12.5. The summed E-state index contributed by atoms with van der Waals surface area (Å²) in [6.07, 6.45) is 1.38. The number of nitrogens with one attached hydrogen (secondary N) is 1. The number of halogens is 1. The van der Waals surface area contributed by atoms with Crippen LogP contribution in [0.15, 0.2) is 42.5 Å². The van der Waals surface area contributed by atoms with E-state index in [1.54, 1.807) is 25.1 Å². The molecule has 4 nitrogen and oxygen atoms in total. The summed E-state index contributed by atoms with van der Waals surface area (Å²) in [5.74, 6) is 1.07. The number of hydrogen-bond donors (Lipinski definition) is 1. The molecule has 1 amide bonds. The number of para-hydroxylation sites is 2. The lowest BCUT2D eigenvalue weighted by Crippen LogP contribution is -2.30. The molecule has 0 aliphatic rings. The van der Waals surface area contributed by atoms with Crippen LogP contribution in [0.5, 0.6) is 11.5 Å². The van der Waals surface area contributed by atoms with Gasteiger partial charge in [0.25, 0.3) is 5.91 Å². The first-order valence-corrected chi connectivity index (χ1v) is 8.84. The van der Waals surface area contributed by atoms with E-state index in [1.807, 2.05) is 31.2 Å². The van der Waals surface area contributed by atoms with Gasteiger partial charge in [0, 0.05) is 5.02 Å². The summed E-state index contributed by atoms with van der Waals surface area (Å²) in [5, 5.41) is 3.51. The second-order valence-corrected chi connectivity index (χ2v) is 6.29. The van der Waals surface area contributed by atoms with Crippen molar-refractivity contribution in [3.8, 4) is 11.5 Å². The van der Waals surface area contributed by atoms with Crippen molar-refractivity contribution in [3.05, 3.63) is 53.1 Å². The zero-order valence-electron chi connectivity index (χ0n) is 14.8. The molecule has 0 saturated carbocycles. The second kappa shape index (κ2) is 9.33. The first-order valence-electron chi connectivity index (χ1n) is 8.46. The average molecular weight is 362 g/mol. The Kier molecular flexibility index (Phi) is 7.14. The van der Waals surface area contributed by atoms with E-state index in [0.29, 0.717) is 28.8 Å². The van der Waals surface area contributed by atoms with E-state index < -0.39 is 6.10 Å². The van der Waals surface area contributed by atoms with E-state index >= 15 is 0 Å². The van der Waals surface area contributed by atoms with Crippen molar-refractivity contribution in [2.45, 2.75) is 39.7 Å². The van der Waals surface area contributed by atoms with E-state index in [-0.39, 0.29) is 5.91 Å². The van der Waals surface area contributed by atoms with Crippen LogP contribution in [0.3, 0.4) is 0 Å². The van der Waals surface area contributed by atoms with Gasteiger partial charge in [-0.05, 0) is 56.2 Å². The number of ether oxygens (including phenoxy) is 2. The van der Waals surface area contributed by atoms with Gasteiger partial charge in [-0.1, -0.05) is 37.1 Å². The molecule has 25 heavy (non-hydrogen) atoms. The number of unbranched alkanes of at least 4 members (excludes halogenated alkanes) is 1. The molecule has 2 aromatic carbocycles. The third-order valence-corrected chi connectivity index (χ3v) is 3.95. The fourth-order valence-corrected chi connectivity index (χ4v) is 2.47. The Hall–Kier alpha value is -2.20. The molecule has 0 radical (unpaired) electrons. The van der Waals surface area contributed by atoms with Gasteiger partial charge < -0.3 is 14.8 Å². The SMILES string of the molecule is CCCCOc1ccccc1NC(=O)C(C)Oc1ccc(Cl)cc1C. The zero-order valence-corrected chi connectivity index (χ0v) is 15.6. The van der Waals surface area contributed by atoms with Crippen LogP contribution in [0.2, 0.25) is 5.02 Å². The van der Waals surface area contributed by atoms with E-state index in [9.17, 15) is 4.79 Å². The minimum Gasteiger partial charge on any atom is -0.491 e. The zero-order chi connectivity index (χ0) is 18.2. The highest BCUT2D eigenvalue weighted by atomic mass is 35.5. The molecular weight excluding hydrogens is 338 g/mol. The standard InChI is InChI=1S/C20H24ClNO3/c1-4-5-12-24-19-9-7-6-8-17(19)22-20(23)15(3)25-18-11-10-16(21)13-14(18)2/h6-11,13,15H,4-5,12H2,1-3H3,(H,22,23). The molecule has 0 bridgehead atoms. The summed E-state index contributed by atoms with van der Waals surface area (Å²) < 4.78 is 11.5.